The Kier molecular flexibility index (Phi) is 9.21. The number of hydrogen-bond donors (Lipinski definition) is 2. The van der Waals surface area contributed by atoms with E-state index in [4.69, 9.17) is 0 Å². The number of rotatable bonds is 9. The molecule has 0 saturated carbocycles. The summed E-state index contributed by atoms with van der Waals surface area (Å²) < 4.78 is 27.2. The maximum absolute atomic E-state index is 13.0. The maximum atomic E-state index is 13.0. The minimum Gasteiger partial charge on any atom is -0.368 e. The van der Waals surface area contributed by atoms with Gasteiger partial charge in [0.15, 0.2) is 0 Å². The number of piperazine rings is 1. The lowest BCUT2D eigenvalue weighted by molar-refractivity contribution is -0.116. The molecule has 1 saturated heterocycles. The first-order valence-electron chi connectivity index (χ1n) is 13.1. The van der Waals surface area contributed by atoms with Gasteiger partial charge in [0.05, 0.1) is 11.4 Å². The van der Waals surface area contributed by atoms with Gasteiger partial charge in [-0.25, -0.2) is 13.2 Å². The lowest BCUT2D eigenvalue weighted by Gasteiger charge is -2.36. The largest absolute Gasteiger partial charge is 0.368 e. The van der Waals surface area contributed by atoms with Crippen LogP contribution in [0.5, 0.6) is 0 Å². The van der Waals surface area contributed by atoms with Gasteiger partial charge in [0.2, 0.25) is 15.9 Å². The van der Waals surface area contributed by atoms with Crippen molar-refractivity contribution in [3.05, 3.63) is 84.4 Å². The second kappa shape index (κ2) is 12.8. The van der Waals surface area contributed by atoms with Gasteiger partial charge < -0.3 is 20.4 Å². The molecule has 0 bridgehead atoms. The van der Waals surface area contributed by atoms with Gasteiger partial charge in [0, 0.05) is 49.8 Å². The lowest BCUT2D eigenvalue weighted by Crippen LogP contribution is -2.50. The SMILES string of the molecule is CCCN(CC(=O)Nc1ccc(N2CCN(C(=O)Nc3cccc(C)c3)CC2)cc1)S(=O)(=O)c1ccccc1. The van der Waals surface area contributed by atoms with Gasteiger partial charge in [-0.05, 0) is 67.4 Å². The first-order chi connectivity index (χ1) is 18.8. The molecule has 0 aliphatic carbocycles. The van der Waals surface area contributed by atoms with Gasteiger partial charge in [-0.2, -0.15) is 4.31 Å². The van der Waals surface area contributed by atoms with Crippen LogP contribution in [-0.4, -0.2) is 68.8 Å². The topological polar surface area (TPSA) is 102 Å². The molecule has 9 nitrogen and oxygen atoms in total. The molecule has 3 aromatic carbocycles. The quantitative estimate of drug-likeness (QED) is 0.412. The van der Waals surface area contributed by atoms with E-state index in [1.807, 2.05) is 50.2 Å². The van der Waals surface area contributed by atoms with Gasteiger partial charge in [-0.3, -0.25) is 4.79 Å². The van der Waals surface area contributed by atoms with Gasteiger partial charge >= 0.3 is 6.03 Å². The molecule has 4 rings (SSSR count). The number of urea groups is 1. The first kappa shape index (κ1) is 28.1. The highest BCUT2D eigenvalue weighted by atomic mass is 32.2. The van der Waals surface area contributed by atoms with Crippen LogP contribution in [0.1, 0.15) is 18.9 Å². The summed E-state index contributed by atoms with van der Waals surface area (Å²) in [7, 11) is -3.77. The fourth-order valence-electron chi connectivity index (χ4n) is 4.48. The van der Waals surface area contributed by atoms with E-state index in [-0.39, 0.29) is 24.0 Å². The number of hydrogen-bond acceptors (Lipinski definition) is 5. The Hall–Kier alpha value is -3.89. The van der Waals surface area contributed by atoms with Crippen LogP contribution >= 0.6 is 0 Å². The van der Waals surface area contributed by atoms with Crippen molar-refractivity contribution in [3.63, 3.8) is 0 Å². The molecule has 3 amide bonds. The van der Waals surface area contributed by atoms with E-state index in [9.17, 15) is 18.0 Å². The summed E-state index contributed by atoms with van der Waals surface area (Å²) in [6, 6.07) is 23.2. The molecule has 0 unspecified atom stereocenters. The molecule has 39 heavy (non-hydrogen) atoms. The third kappa shape index (κ3) is 7.36. The minimum absolute atomic E-state index is 0.107. The summed E-state index contributed by atoms with van der Waals surface area (Å²) in [6.45, 7) is 6.42. The van der Waals surface area contributed by atoms with Gasteiger partial charge in [-0.15, -0.1) is 0 Å². The molecule has 1 aliphatic heterocycles. The van der Waals surface area contributed by atoms with E-state index in [1.54, 1.807) is 35.2 Å². The van der Waals surface area contributed by atoms with Crippen molar-refractivity contribution in [1.82, 2.24) is 9.21 Å². The zero-order valence-electron chi connectivity index (χ0n) is 22.3. The number of carbonyl (C=O) groups is 2. The van der Waals surface area contributed by atoms with E-state index < -0.39 is 15.9 Å². The monoisotopic (exact) mass is 549 g/mol. The molecular weight excluding hydrogens is 514 g/mol. The molecule has 3 aromatic rings. The van der Waals surface area contributed by atoms with E-state index in [0.717, 1.165) is 16.9 Å². The third-order valence-corrected chi connectivity index (χ3v) is 8.39. The lowest BCUT2D eigenvalue weighted by atomic mass is 10.2. The smallest absolute Gasteiger partial charge is 0.321 e. The van der Waals surface area contributed by atoms with Crippen molar-refractivity contribution in [3.8, 4) is 0 Å². The Morgan fingerprint density at radius 3 is 2.18 bits per heavy atom. The molecule has 0 radical (unpaired) electrons. The number of benzene rings is 3. The Morgan fingerprint density at radius 2 is 1.54 bits per heavy atom. The maximum Gasteiger partial charge on any atom is 0.321 e. The van der Waals surface area contributed by atoms with Crippen molar-refractivity contribution < 1.29 is 18.0 Å². The summed E-state index contributed by atoms with van der Waals surface area (Å²) in [5.41, 5.74) is 3.46. The molecule has 0 aromatic heterocycles. The normalized spacial score (nSPS) is 13.8. The molecule has 1 aliphatic rings. The van der Waals surface area contributed by atoms with Crippen molar-refractivity contribution >= 4 is 39.0 Å². The predicted molar refractivity (Wildman–Crippen MR) is 155 cm³/mol. The Balaban J connectivity index is 1.29. The second-order valence-corrected chi connectivity index (χ2v) is 11.5. The van der Waals surface area contributed by atoms with E-state index in [1.165, 1.54) is 16.4 Å². The van der Waals surface area contributed by atoms with Crippen LogP contribution in [0.4, 0.5) is 21.9 Å². The number of aryl methyl sites for hydroxylation is 1. The molecule has 0 atom stereocenters. The average Bonchev–Trinajstić information content (AvgIpc) is 2.94. The van der Waals surface area contributed by atoms with Crippen LogP contribution in [0, 0.1) is 6.92 Å². The Labute approximate surface area is 230 Å². The van der Waals surface area contributed by atoms with Crippen molar-refractivity contribution in [2.45, 2.75) is 25.2 Å². The summed E-state index contributed by atoms with van der Waals surface area (Å²) in [5, 5.41) is 5.77. The molecule has 2 N–H and O–H groups in total. The number of anilines is 3. The van der Waals surface area contributed by atoms with E-state index in [2.05, 4.69) is 15.5 Å². The molecule has 1 heterocycles. The Morgan fingerprint density at radius 1 is 0.846 bits per heavy atom. The number of nitrogens with one attached hydrogen (secondary N) is 2. The molecule has 206 valence electrons. The van der Waals surface area contributed by atoms with E-state index >= 15 is 0 Å². The number of sulfonamides is 1. The van der Waals surface area contributed by atoms with Crippen LogP contribution in [0.15, 0.2) is 83.8 Å². The molecule has 1 fully saturated rings. The summed E-state index contributed by atoms with van der Waals surface area (Å²) in [5.74, 6) is -0.399. The van der Waals surface area contributed by atoms with Crippen LogP contribution in [-0.2, 0) is 14.8 Å². The molecular formula is C29H35N5O4S. The highest BCUT2D eigenvalue weighted by Gasteiger charge is 2.26. The zero-order chi connectivity index (χ0) is 27.8. The number of nitrogens with zero attached hydrogens (tertiary/aromatic N) is 3. The summed E-state index contributed by atoms with van der Waals surface area (Å²) in [6.07, 6.45) is 0.592. The van der Waals surface area contributed by atoms with Crippen molar-refractivity contribution in [2.24, 2.45) is 0 Å². The average molecular weight is 550 g/mol. The minimum atomic E-state index is -3.77. The highest BCUT2D eigenvalue weighted by Crippen LogP contribution is 2.21. The van der Waals surface area contributed by atoms with Gasteiger partial charge in [0.25, 0.3) is 0 Å². The first-order valence-corrected chi connectivity index (χ1v) is 14.5. The van der Waals surface area contributed by atoms with Crippen LogP contribution in [0.2, 0.25) is 0 Å². The van der Waals surface area contributed by atoms with Crippen LogP contribution in [0.25, 0.3) is 0 Å². The predicted octanol–water partition coefficient (Wildman–Crippen LogP) is 4.39. The van der Waals surface area contributed by atoms with Gasteiger partial charge in [-0.1, -0.05) is 37.3 Å². The summed E-state index contributed by atoms with van der Waals surface area (Å²) >= 11 is 0. The zero-order valence-corrected chi connectivity index (χ0v) is 23.2. The van der Waals surface area contributed by atoms with Crippen LogP contribution in [0.3, 0.4) is 0 Å². The molecule has 10 heteroatoms. The highest BCUT2D eigenvalue weighted by molar-refractivity contribution is 7.89. The van der Waals surface area contributed by atoms with Crippen molar-refractivity contribution in [1.29, 1.82) is 0 Å². The second-order valence-electron chi connectivity index (χ2n) is 9.52. The van der Waals surface area contributed by atoms with Gasteiger partial charge in [0.1, 0.15) is 0 Å². The van der Waals surface area contributed by atoms with E-state index in [0.29, 0.717) is 38.3 Å². The fraction of sp³-hybridized carbons (Fsp3) is 0.310. The fourth-order valence-corrected chi connectivity index (χ4v) is 5.99. The van der Waals surface area contributed by atoms with Crippen LogP contribution < -0.4 is 15.5 Å². The number of carbonyl (C=O) groups excluding carboxylic acids is 2. The Bertz CT molecular complexity index is 1370. The third-order valence-electron chi connectivity index (χ3n) is 6.53. The van der Waals surface area contributed by atoms with Crippen molar-refractivity contribution in [2.75, 3.05) is 54.8 Å². The standard InChI is InChI=1S/C29H35N5O4S/c1-3-16-34(39(37,38)27-10-5-4-6-11-27)22-28(35)30-24-12-14-26(15-13-24)32-17-19-33(20-18-32)29(36)31-25-9-7-8-23(2)21-25/h4-15,21H,3,16-20,22H2,1-2H3,(H,30,35)(H,31,36). The molecule has 0 spiro atoms. The summed E-state index contributed by atoms with van der Waals surface area (Å²) in [4.78, 5) is 29.6. The number of amides is 3.